The number of hydrogen-bond acceptors (Lipinski definition) is 4. The van der Waals surface area contributed by atoms with Gasteiger partial charge in [-0.15, -0.1) is 0 Å². The number of Topliss-reactive ketones (excluding diaryl/α,β-unsaturated/α-hetero) is 1. The van der Waals surface area contributed by atoms with Gasteiger partial charge in [-0.25, -0.2) is 4.98 Å². The van der Waals surface area contributed by atoms with Crippen molar-refractivity contribution in [2.24, 2.45) is 5.41 Å². The quantitative estimate of drug-likeness (QED) is 0.628. The van der Waals surface area contributed by atoms with Crippen molar-refractivity contribution in [3.05, 3.63) is 80.7 Å². The minimum absolute atomic E-state index is 0.00966. The van der Waals surface area contributed by atoms with Crippen LogP contribution >= 0.6 is 23.2 Å². The van der Waals surface area contributed by atoms with Crippen molar-refractivity contribution < 1.29 is 9.59 Å². The van der Waals surface area contributed by atoms with Crippen LogP contribution in [0.4, 0.5) is 5.82 Å². The fourth-order valence-corrected chi connectivity index (χ4v) is 4.83. The number of rotatable bonds is 3. The van der Waals surface area contributed by atoms with Gasteiger partial charge in [-0.05, 0) is 42.5 Å². The number of dihydropyridines is 1. The summed E-state index contributed by atoms with van der Waals surface area (Å²) < 4.78 is 0. The first-order valence-electron chi connectivity index (χ1n) is 10.1. The lowest BCUT2D eigenvalue weighted by Crippen LogP contribution is -2.39. The molecule has 31 heavy (non-hydrogen) atoms. The molecule has 1 atom stereocenters. The molecule has 1 aromatic heterocycles. The van der Waals surface area contributed by atoms with Crippen LogP contribution in [0.25, 0.3) is 0 Å². The zero-order chi connectivity index (χ0) is 22.3. The van der Waals surface area contributed by atoms with Gasteiger partial charge in [0.15, 0.2) is 5.78 Å². The molecule has 1 aliphatic heterocycles. The Labute approximate surface area is 191 Å². The normalized spacial score (nSPS) is 20.3. The average Bonchev–Trinajstić information content (AvgIpc) is 2.68. The molecular formula is C24H23Cl2N3O2. The van der Waals surface area contributed by atoms with E-state index in [2.05, 4.69) is 29.5 Å². The summed E-state index contributed by atoms with van der Waals surface area (Å²) in [6.45, 7) is 5.98. The predicted molar refractivity (Wildman–Crippen MR) is 123 cm³/mol. The number of ketones is 1. The Kier molecular flexibility index (Phi) is 5.67. The van der Waals surface area contributed by atoms with Gasteiger partial charge in [0.1, 0.15) is 5.82 Å². The highest BCUT2D eigenvalue weighted by Gasteiger charge is 2.43. The Morgan fingerprint density at radius 2 is 1.94 bits per heavy atom. The number of anilines is 1. The van der Waals surface area contributed by atoms with E-state index in [0.717, 1.165) is 5.70 Å². The van der Waals surface area contributed by atoms with Gasteiger partial charge in [0.25, 0.3) is 5.91 Å². The summed E-state index contributed by atoms with van der Waals surface area (Å²) in [7, 11) is 0. The third kappa shape index (κ3) is 4.12. The van der Waals surface area contributed by atoms with E-state index in [1.54, 1.807) is 36.5 Å². The van der Waals surface area contributed by atoms with Crippen molar-refractivity contribution in [2.75, 3.05) is 5.32 Å². The summed E-state index contributed by atoms with van der Waals surface area (Å²) in [4.78, 5) is 30.9. The Morgan fingerprint density at radius 3 is 2.65 bits per heavy atom. The fourth-order valence-electron chi connectivity index (χ4n) is 4.41. The number of allylic oxidation sites excluding steroid dienone is 3. The van der Waals surface area contributed by atoms with Crippen LogP contribution in [0.5, 0.6) is 0 Å². The molecule has 1 aliphatic carbocycles. The summed E-state index contributed by atoms with van der Waals surface area (Å²) in [5.41, 5.74) is 3.01. The van der Waals surface area contributed by atoms with Crippen LogP contribution in [0.15, 0.2) is 65.1 Å². The number of nitrogens with zero attached hydrogens (tertiary/aromatic N) is 1. The van der Waals surface area contributed by atoms with E-state index in [-0.39, 0.29) is 17.1 Å². The van der Waals surface area contributed by atoms with Gasteiger partial charge in [-0.3, -0.25) is 9.59 Å². The van der Waals surface area contributed by atoms with Crippen molar-refractivity contribution in [3.8, 4) is 0 Å². The highest BCUT2D eigenvalue weighted by Crippen LogP contribution is 2.48. The predicted octanol–water partition coefficient (Wildman–Crippen LogP) is 5.63. The number of hydrogen-bond donors (Lipinski definition) is 2. The number of halogens is 2. The van der Waals surface area contributed by atoms with Crippen molar-refractivity contribution in [3.63, 3.8) is 0 Å². The number of carbonyl (C=O) groups is 2. The van der Waals surface area contributed by atoms with E-state index in [1.165, 1.54) is 0 Å². The largest absolute Gasteiger partial charge is 0.362 e. The van der Waals surface area contributed by atoms with Crippen LogP contribution in [0.2, 0.25) is 10.0 Å². The summed E-state index contributed by atoms with van der Waals surface area (Å²) in [6, 6.07) is 10.6. The number of amides is 1. The van der Waals surface area contributed by atoms with E-state index in [1.807, 2.05) is 13.0 Å². The lowest BCUT2D eigenvalue weighted by molar-refractivity contribution is -0.118. The highest BCUT2D eigenvalue weighted by molar-refractivity contribution is 6.42. The van der Waals surface area contributed by atoms with Crippen LogP contribution in [-0.4, -0.2) is 16.7 Å². The summed E-state index contributed by atoms with van der Waals surface area (Å²) in [6.07, 6.45) is 2.71. The summed E-state index contributed by atoms with van der Waals surface area (Å²) in [5, 5.41) is 6.90. The lowest BCUT2D eigenvalue weighted by atomic mass is 9.68. The number of carbonyl (C=O) groups excluding carboxylic acids is 2. The second-order valence-electron chi connectivity index (χ2n) is 8.74. The van der Waals surface area contributed by atoms with Gasteiger partial charge in [-0.2, -0.15) is 0 Å². The summed E-state index contributed by atoms with van der Waals surface area (Å²) in [5.74, 6) is -0.515. The molecular weight excluding hydrogens is 433 g/mol. The molecule has 2 N–H and O–H groups in total. The van der Waals surface area contributed by atoms with Gasteiger partial charge in [-0.1, -0.05) is 55.2 Å². The molecule has 0 bridgehead atoms. The molecule has 0 unspecified atom stereocenters. The maximum atomic E-state index is 13.4. The summed E-state index contributed by atoms with van der Waals surface area (Å²) >= 11 is 12.9. The zero-order valence-corrected chi connectivity index (χ0v) is 19.1. The molecule has 2 aromatic rings. The molecule has 2 aliphatic rings. The first kappa shape index (κ1) is 21.6. The molecule has 0 fully saturated rings. The van der Waals surface area contributed by atoms with Gasteiger partial charge in [0, 0.05) is 41.1 Å². The van der Waals surface area contributed by atoms with Crippen LogP contribution in [0, 0.1) is 5.41 Å². The van der Waals surface area contributed by atoms with Gasteiger partial charge < -0.3 is 10.6 Å². The molecule has 0 radical (unpaired) electrons. The molecule has 0 saturated heterocycles. The van der Waals surface area contributed by atoms with Crippen LogP contribution < -0.4 is 10.6 Å². The maximum Gasteiger partial charge on any atom is 0.255 e. The average molecular weight is 456 g/mol. The first-order valence-corrected chi connectivity index (χ1v) is 10.8. The van der Waals surface area contributed by atoms with E-state index in [9.17, 15) is 9.59 Å². The number of benzene rings is 1. The first-order chi connectivity index (χ1) is 14.7. The van der Waals surface area contributed by atoms with Crippen LogP contribution in [0.3, 0.4) is 0 Å². The third-order valence-corrected chi connectivity index (χ3v) is 6.52. The molecule has 160 valence electrons. The Bertz CT molecular complexity index is 1140. The molecule has 1 amide bonds. The van der Waals surface area contributed by atoms with E-state index >= 15 is 0 Å². The SMILES string of the molecule is CC1=C(C(=O)Nc2ccccn2)[C@H](c2cccc(Cl)c2Cl)C2=C(CC(C)(C)CC2=O)N1. The van der Waals surface area contributed by atoms with Gasteiger partial charge in [0.05, 0.1) is 10.0 Å². The molecule has 2 heterocycles. The molecule has 1 aromatic carbocycles. The minimum Gasteiger partial charge on any atom is -0.362 e. The smallest absolute Gasteiger partial charge is 0.255 e. The second-order valence-corrected chi connectivity index (χ2v) is 9.53. The molecule has 0 saturated carbocycles. The third-order valence-electron chi connectivity index (χ3n) is 5.68. The maximum absolute atomic E-state index is 13.4. The lowest BCUT2D eigenvalue weighted by Gasteiger charge is -2.39. The fraction of sp³-hybridized carbons (Fsp3) is 0.292. The number of nitrogens with one attached hydrogen (secondary N) is 2. The second kappa shape index (κ2) is 8.13. The molecule has 0 spiro atoms. The number of pyridine rings is 1. The Hall–Kier alpha value is -2.63. The number of aromatic nitrogens is 1. The van der Waals surface area contributed by atoms with Gasteiger partial charge >= 0.3 is 0 Å². The van der Waals surface area contributed by atoms with Crippen molar-refractivity contribution in [1.29, 1.82) is 0 Å². The highest BCUT2D eigenvalue weighted by atomic mass is 35.5. The molecule has 7 heteroatoms. The van der Waals surface area contributed by atoms with Crippen LogP contribution in [0.1, 0.15) is 45.1 Å². The Balaban J connectivity index is 1.86. The zero-order valence-electron chi connectivity index (χ0n) is 17.6. The van der Waals surface area contributed by atoms with Crippen molar-refractivity contribution >= 4 is 40.7 Å². The molecule has 4 rings (SSSR count). The van der Waals surface area contributed by atoms with Crippen LogP contribution in [-0.2, 0) is 9.59 Å². The van der Waals surface area contributed by atoms with Gasteiger partial charge in [0.2, 0.25) is 0 Å². The van der Waals surface area contributed by atoms with Crippen molar-refractivity contribution in [1.82, 2.24) is 10.3 Å². The van der Waals surface area contributed by atoms with Crippen molar-refractivity contribution in [2.45, 2.75) is 39.5 Å². The molecule has 5 nitrogen and oxygen atoms in total. The standard InChI is InChI=1S/C24H23Cl2N3O2/c1-13-19(23(31)29-18-9-4-5-10-27-18)20(14-7-6-8-15(25)22(14)26)21-16(28-13)11-24(2,3)12-17(21)30/h4-10,20,28H,11-12H2,1-3H3,(H,27,29,31)/t20-/m0/s1. The van der Waals surface area contributed by atoms with E-state index in [4.69, 9.17) is 23.2 Å². The topological polar surface area (TPSA) is 71.1 Å². The Morgan fingerprint density at radius 1 is 1.16 bits per heavy atom. The van der Waals surface area contributed by atoms with E-state index in [0.29, 0.717) is 51.1 Å². The van der Waals surface area contributed by atoms with E-state index < -0.39 is 5.92 Å². The monoisotopic (exact) mass is 455 g/mol. The minimum atomic E-state index is -0.616.